The normalized spacial score (nSPS) is 11.6. The van der Waals surface area contributed by atoms with E-state index in [4.69, 9.17) is 4.74 Å². The van der Waals surface area contributed by atoms with Crippen LogP contribution in [0, 0.1) is 6.92 Å². The number of hydrogen-bond acceptors (Lipinski definition) is 3. The van der Waals surface area contributed by atoms with E-state index in [-0.39, 0.29) is 11.8 Å². The molecule has 0 aliphatic carbocycles. The fraction of sp³-hybridized carbons (Fsp3) is 0.217. The highest BCUT2D eigenvalue weighted by Crippen LogP contribution is 2.29. The Morgan fingerprint density at radius 3 is 2.33 bits per heavy atom. The SMILES string of the molecule is COc1ccc(C(CC(=O)NCc2cccc(C)n2)c2ccccc2)cc1. The van der Waals surface area contributed by atoms with Gasteiger partial charge in [0.2, 0.25) is 5.91 Å². The highest BCUT2D eigenvalue weighted by atomic mass is 16.5. The van der Waals surface area contributed by atoms with Crippen molar-refractivity contribution in [1.29, 1.82) is 0 Å². The van der Waals surface area contributed by atoms with E-state index in [1.54, 1.807) is 7.11 Å². The number of pyridine rings is 1. The Kier molecular flexibility index (Phi) is 6.21. The van der Waals surface area contributed by atoms with Gasteiger partial charge in [0.15, 0.2) is 0 Å². The fourth-order valence-corrected chi connectivity index (χ4v) is 3.09. The molecule has 0 spiro atoms. The van der Waals surface area contributed by atoms with E-state index in [0.29, 0.717) is 13.0 Å². The number of amides is 1. The van der Waals surface area contributed by atoms with Crippen molar-refractivity contribution in [2.45, 2.75) is 25.8 Å². The van der Waals surface area contributed by atoms with Crippen LogP contribution in [0.4, 0.5) is 0 Å². The third-order valence-electron chi connectivity index (χ3n) is 4.52. The third kappa shape index (κ3) is 5.17. The maximum absolute atomic E-state index is 12.6. The molecule has 0 saturated carbocycles. The second-order valence-electron chi connectivity index (χ2n) is 6.49. The minimum atomic E-state index is -0.0115. The topological polar surface area (TPSA) is 51.2 Å². The lowest BCUT2D eigenvalue weighted by atomic mass is 9.88. The Morgan fingerprint density at radius 2 is 1.67 bits per heavy atom. The quantitative estimate of drug-likeness (QED) is 0.686. The standard InChI is InChI=1S/C23H24N2O2/c1-17-7-6-10-20(25-17)16-24-23(26)15-22(18-8-4-3-5-9-18)19-11-13-21(27-2)14-12-19/h3-14,22H,15-16H2,1-2H3,(H,24,26). The Hall–Kier alpha value is -3.14. The van der Waals surface area contributed by atoms with E-state index in [2.05, 4.69) is 22.4 Å². The summed E-state index contributed by atoms with van der Waals surface area (Å²) in [7, 11) is 1.65. The van der Waals surface area contributed by atoms with E-state index in [1.807, 2.05) is 67.6 Å². The first-order valence-electron chi connectivity index (χ1n) is 9.04. The van der Waals surface area contributed by atoms with Gasteiger partial charge in [-0.05, 0) is 42.3 Å². The van der Waals surface area contributed by atoms with Gasteiger partial charge >= 0.3 is 0 Å². The predicted octanol–water partition coefficient (Wildman–Crippen LogP) is 4.24. The van der Waals surface area contributed by atoms with Gasteiger partial charge in [0.05, 0.1) is 19.3 Å². The highest BCUT2D eigenvalue weighted by Gasteiger charge is 2.18. The van der Waals surface area contributed by atoms with Crippen molar-refractivity contribution in [2.24, 2.45) is 0 Å². The molecule has 1 atom stereocenters. The van der Waals surface area contributed by atoms with Gasteiger partial charge in [0.25, 0.3) is 0 Å². The molecule has 0 radical (unpaired) electrons. The lowest BCUT2D eigenvalue weighted by Gasteiger charge is -2.18. The zero-order valence-corrected chi connectivity index (χ0v) is 15.7. The summed E-state index contributed by atoms with van der Waals surface area (Å²) in [6.45, 7) is 2.38. The van der Waals surface area contributed by atoms with Crippen molar-refractivity contribution in [3.8, 4) is 5.75 Å². The summed E-state index contributed by atoms with van der Waals surface area (Å²) in [5.74, 6) is 0.797. The first kappa shape index (κ1) is 18.6. The van der Waals surface area contributed by atoms with Crippen LogP contribution in [0.2, 0.25) is 0 Å². The Bertz CT molecular complexity index is 876. The molecule has 0 aliphatic heterocycles. The second-order valence-corrected chi connectivity index (χ2v) is 6.49. The van der Waals surface area contributed by atoms with Crippen molar-refractivity contribution in [2.75, 3.05) is 7.11 Å². The molecule has 1 amide bonds. The zero-order chi connectivity index (χ0) is 19.1. The molecule has 0 bridgehead atoms. The summed E-state index contributed by atoms with van der Waals surface area (Å²) in [5.41, 5.74) is 4.02. The molecule has 1 N–H and O–H groups in total. The largest absolute Gasteiger partial charge is 0.497 e. The maximum atomic E-state index is 12.6. The fourth-order valence-electron chi connectivity index (χ4n) is 3.09. The van der Waals surface area contributed by atoms with Crippen molar-refractivity contribution in [3.05, 3.63) is 95.3 Å². The number of rotatable bonds is 7. The molecule has 3 aromatic rings. The van der Waals surface area contributed by atoms with Crippen molar-refractivity contribution < 1.29 is 9.53 Å². The maximum Gasteiger partial charge on any atom is 0.221 e. The Labute approximate surface area is 160 Å². The van der Waals surface area contributed by atoms with Crippen molar-refractivity contribution in [1.82, 2.24) is 10.3 Å². The van der Waals surface area contributed by atoms with Gasteiger partial charge in [-0.15, -0.1) is 0 Å². The minimum Gasteiger partial charge on any atom is -0.497 e. The summed E-state index contributed by atoms with van der Waals surface area (Å²) < 4.78 is 5.25. The monoisotopic (exact) mass is 360 g/mol. The van der Waals surface area contributed by atoms with Gasteiger partial charge in [0.1, 0.15) is 5.75 Å². The van der Waals surface area contributed by atoms with E-state index in [9.17, 15) is 4.79 Å². The van der Waals surface area contributed by atoms with Crippen LogP contribution in [0.15, 0.2) is 72.8 Å². The molecule has 1 aromatic heterocycles. The first-order chi connectivity index (χ1) is 13.2. The van der Waals surface area contributed by atoms with Gasteiger partial charge in [0, 0.05) is 18.0 Å². The van der Waals surface area contributed by atoms with Crippen LogP contribution < -0.4 is 10.1 Å². The van der Waals surface area contributed by atoms with Crippen molar-refractivity contribution in [3.63, 3.8) is 0 Å². The third-order valence-corrected chi connectivity index (χ3v) is 4.52. The van der Waals surface area contributed by atoms with Gasteiger partial charge < -0.3 is 10.1 Å². The lowest BCUT2D eigenvalue weighted by Crippen LogP contribution is -2.25. The zero-order valence-electron chi connectivity index (χ0n) is 15.7. The molecule has 3 rings (SSSR count). The number of nitrogens with one attached hydrogen (secondary N) is 1. The van der Waals surface area contributed by atoms with Crippen LogP contribution in [-0.4, -0.2) is 18.0 Å². The molecule has 0 aliphatic rings. The lowest BCUT2D eigenvalue weighted by molar-refractivity contribution is -0.121. The van der Waals surface area contributed by atoms with Crippen LogP contribution in [-0.2, 0) is 11.3 Å². The number of benzene rings is 2. The molecule has 4 nitrogen and oxygen atoms in total. The number of nitrogens with zero attached hydrogens (tertiary/aromatic N) is 1. The van der Waals surface area contributed by atoms with Gasteiger partial charge in [-0.25, -0.2) is 0 Å². The number of methoxy groups -OCH3 is 1. The van der Waals surface area contributed by atoms with E-state index >= 15 is 0 Å². The van der Waals surface area contributed by atoms with Crippen molar-refractivity contribution >= 4 is 5.91 Å². The van der Waals surface area contributed by atoms with Crippen LogP contribution in [0.5, 0.6) is 5.75 Å². The van der Waals surface area contributed by atoms with Gasteiger partial charge in [-0.1, -0.05) is 48.5 Å². The summed E-state index contributed by atoms with van der Waals surface area (Å²) in [5, 5.41) is 2.99. The molecule has 27 heavy (non-hydrogen) atoms. The van der Waals surface area contributed by atoms with E-state index in [1.165, 1.54) is 0 Å². The molecule has 138 valence electrons. The molecule has 1 heterocycles. The predicted molar refractivity (Wildman–Crippen MR) is 107 cm³/mol. The highest BCUT2D eigenvalue weighted by molar-refractivity contribution is 5.77. The number of ether oxygens (including phenoxy) is 1. The first-order valence-corrected chi connectivity index (χ1v) is 9.04. The number of carbonyl (C=O) groups is 1. The minimum absolute atomic E-state index is 0.00276. The van der Waals surface area contributed by atoms with Crippen LogP contribution in [0.25, 0.3) is 0 Å². The Morgan fingerprint density at radius 1 is 0.963 bits per heavy atom. The van der Waals surface area contributed by atoms with Gasteiger partial charge in [-0.3, -0.25) is 9.78 Å². The van der Waals surface area contributed by atoms with E-state index < -0.39 is 0 Å². The average molecular weight is 360 g/mol. The number of carbonyl (C=O) groups excluding carboxylic acids is 1. The average Bonchev–Trinajstić information content (AvgIpc) is 2.71. The molecule has 0 saturated heterocycles. The van der Waals surface area contributed by atoms with Crippen LogP contribution in [0.3, 0.4) is 0 Å². The summed E-state index contributed by atoms with van der Waals surface area (Å²) in [6.07, 6.45) is 0.377. The summed E-state index contributed by atoms with van der Waals surface area (Å²) in [6, 6.07) is 23.8. The number of aryl methyl sites for hydroxylation is 1. The molecule has 0 fully saturated rings. The second kappa shape index (κ2) is 8.99. The molecule has 2 aromatic carbocycles. The molecule has 4 heteroatoms. The summed E-state index contributed by atoms with van der Waals surface area (Å²) >= 11 is 0. The number of aromatic nitrogens is 1. The molecular weight excluding hydrogens is 336 g/mol. The van der Waals surface area contributed by atoms with Crippen LogP contribution >= 0.6 is 0 Å². The van der Waals surface area contributed by atoms with E-state index in [0.717, 1.165) is 28.3 Å². The van der Waals surface area contributed by atoms with Crippen LogP contribution in [0.1, 0.15) is 34.9 Å². The Balaban J connectivity index is 1.73. The molecule has 1 unspecified atom stereocenters. The number of hydrogen-bond donors (Lipinski definition) is 1. The van der Waals surface area contributed by atoms with Gasteiger partial charge in [-0.2, -0.15) is 0 Å². The molecular formula is C23H24N2O2. The summed E-state index contributed by atoms with van der Waals surface area (Å²) in [4.78, 5) is 17.0. The smallest absolute Gasteiger partial charge is 0.221 e.